The van der Waals surface area contributed by atoms with Crippen LogP contribution in [0.1, 0.15) is 97.2 Å². The molecule has 72 heavy (non-hydrogen) atoms. The summed E-state index contributed by atoms with van der Waals surface area (Å²) in [5.74, 6) is 0. The highest BCUT2D eigenvalue weighted by Gasteiger charge is 2.55. The molecule has 2 nitrogen and oxygen atoms in total. The van der Waals surface area contributed by atoms with Crippen LogP contribution in [0.25, 0.3) is 88.4 Å². The minimum Gasteiger partial charge on any atom is -0.310 e. The molecule has 11 aromatic rings. The number of aryl methyl sites for hydroxylation is 4. The summed E-state index contributed by atoms with van der Waals surface area (Å²) in [5, 5.41) is 6.72. The van der Waals surface area contributed by atoms with E-state index in [2.05, 4.69) is 230 Å². The zero-order valence-electron chi connectivity index (χ0n) is 43.3. The van der Waals surface area contributed by atoms with E-state index >= 15 is 0 Å². The number of nitrogens with zero attached hydrogens (tertiary/aromatic N) is 2. The zero-order valence-corrected chi connectivity index (χ0v) is 43.3. The number of hydrogen-bond donors (Lipinski definition) is 0. The fourth-order valence-corrected chi connectivity index (χ4v) is 14.6. The Morgan fingerprint density at radius 3 is 1.67 bits per heavy atom. The topological polar surface area (TPSA) is 9.86 Å². The summed E-state index contributed by atoms with van der Waals surface area (Å²) in [6.07, 6.45) is 1.98. The van der Waals surface area contributed by atoms with Crippen LogP contribution < -0.4 is 16.4 Å². The van der Waals surface area contributed by atoms with E-state index in [0.29, 0.717) is 0 Å². The number of rotatable bonds is 4. The lowest BCUT2D eigenvalue weighted by molar-refractivity contribution is 0.411. The smallest absolute Gasteiger partial charge is 0.253 e. The molecule has 0 fully saturated rings. The van der Waals surface area contributed by atoms with E-state index < -0.39 is 5.41 Å². The Bertz CT molecular complexity index is 4200. The molecule has 0 saturated carbocycles. The molecule has 1 aliphatic carbocycles. The van der Waals surface area contributed by atoms with Gasteiger partial charge in [-0.2, -0.15) is 0 Å². The summed E-state index contributed by atoms with van der Waals surface area (Å²) < 4.78 is 5.53. The summed E-state index contributed by atoms with van der Waals surface area (Å²) in [6.45, 7) is 23.4. The monoisotopic (exact) mass is 926 g/mol. The molecular weight excluding hydrogens is 868 g/mol. The van der Waals surface area contributed by atoms with Crippen molar-refractivity contribution < 1.29 is 0 Å². The highest BCUT2D eigenvalue weighted by molar-refractivity contribution is 7.01. The van der Waals surface area contributed by atoms with Crippen LogP contribution in [0.2, 0.25) is 0 Å². The van der Waals surface area contributed by atoms with Gasteiger partial charge in [0.2, 0.25) is 0 Å². The van der Waals surface area contributed by atoms with Gasteiger partial charge >= 0.3 is 0 Å². The van der Waals surface area contributed by atoms with E-state index in [0.717, 1.165) is 12.8 Å². The summed E-state index contributed by atoms with van der Waals surface area (Å²) >= 11 is 0. The first-order chi connectivity index (χ1) is 34.6. The molecule has 348 valence electrons. The lowest BCUT2D eigenvalue weighted by Crippen LogP contribution is -2.60. The first-order valence-corrected chi connectivity index (χ1v) is 26.4. The molecule has 9 aromatic carbocycles. The number of aromatic nitrogens is 2. The van der Waals surface area contributed by atoms with Gasteiger partial charge in [-0.1, -0.05) is 191 Å². The molecular formula is C69H59BN2. The standard InChI is InChI=1S/C69H59BN2/c1-38-15-21-44(22-16-38)59-52-35-46-13-11-12-14-47(46)60-65(52)71(62(59)45-23-17-39(2)18-24-45)58-28-27-53-66-61(58)70(60)57-34-43(37-68(8,9)10)32-51-50-31-42(36-67(5,6)7)33-56(63(50)72(66)64(51)57)69(53)54-29-40(3)19-25-48(54)49-26-20-41(4)30-55(49)69/h11-35H,36-37H2,1-10H3. The SMILES string of the molecule is Cc1ccc(-c2c(-c3ccc(C)cc3)n3c4c(c5ccccc5cc24)B2c4c-3ccc3c4-n4c5c2cc(CC(C)(C)C)cc5c2cc(CC(C)(C)C)cc(c24)C32c3cc(C)ccc3-c3ccc(C)cc32)cc1. The van der Waals surface area contributed by atoms with Crippen molar-refractivity contribution in [3.8, 4) is 44.9 Å². The number of fused-ring (bicyclic) bond motifs is 13. The minimum atomic E-state index is -0.558. The second kappa shape index (κ2) is 14.0. The lowest BCUT2D eigenvalue weighted by Gasteiger charge is -2.44. The van der Waals surface area contributed by atoms with Crippen LogP contribution in [-0.2, 0) is 18.3 Å². The molecule has 0 saturated heterocycles. The van der Waals surface area contributed by atoms with Gasteiger partial charge in [0.25, 0.3) is 6.71 Å². The molecule has 0 N–H and O–H groups in total. The van der Waals surface area contributed by atoms with Gasteiger partial charge in [-0.3, -0.25) is 0 Å². The van der Waals surface area contributed by atoms with Crippen molar-refractivity contribution in [2.24, 2.45) is 10.8 Å². The zero-order chi connectivity index (χ0) is 49.1. The summed E-state index contributed by atoms with van der Waals surface area (Å²) in [7, 11) is 0. The van der Waals surface area contributed by atoms with E-state index in [4.69, 9.17) is 0 Å². The van der Waals surface area contributed by atoms with Crippen LogP contribution in [0, 0.1) is 38.5 Å². The minimum absolute atomic E-state index is 0.0232. The van der Waals surface area contributed by atoms with E-state index in [9.17, 15) is 0 Å². The van der Waals surface area contributed by atoms with Gasteiger partial charge < -0.3 is 9.13 Å². The van der Waals surface area contributed by atoms with E-state index in [1.54, 1.807) is 0 Å². The molecule has 3 heteroatoms. The highest BCUT2D eigenvalue weighted by Crippen LogP contribution is 2.62. The molecule has 5 heterocycles. The third-order valence-corrected chi connectivity index (χ3v) is 17.1. The normalized spacial score (nSPS) is 14.4. The Balaban J connectivity index is 1.21. The molecule has 15 rings (SSSR count). The summed E-state index contributed by atoms with van der Waals surface area (Å²) in [4.78, 5) is 0. The molecule has 0 amide bonds. The van der Waals surface area contributed by atoms with Crippen molar-refractivity contribution in [1.29, 1.82) is 0 Å². The number of hydrogen-bond acceptors (Lipinski definition) is 0. The molecule has 0 bridgehead atoms. The molecule has 0 radical (unpaired) electrons. The highest BCUT2D eigenvalue weighted by atomic mass is 15.1. The predicted molar refractivity (Wildman–Crippen MR) is 307 cm³/mol. The van der Waals surface area contributed by atoms with Crippen LogP contribution in [-0.4, -0.2) is 15.8 Å². The van der Waals surface area contributed by atoms with E-state index in [1.807, 2.05) is 0 Å². The molecule has 1 spiro atoms. The van der Waals surface area contributed by atoms with Crippen molar-refractivity contribution in [3.63, 3.8) is 0 Å². The summed E-state index contributed by atoms with van der Waals surface area (Å²) in [6, 6.07) is 60.8. The number of benzene rings is 9. The Morgan fingerprint density at radius 2 is 1.03 bits per heavy atom. The van der Waals surface area contributed by atoms with Crippen LogP contribution in [0.4, 0.5) is 0 Å². The quantitative estimate of drug-likeness (QED) is 0.156. The maximum absolute atomic E-state index is 2.81. The fourth-order valence-electron chi connectivity index (χ4n) is 14.6. The van der Waals surface area contributed by atoms with Crippen LogP contribution in [0.3, 0.4) is 0 Å². The van der Waals surface area contributed by atoms with Crippen molar-refractivity contribution >= 4 is 66.6 Å². The van der Waals surface area contributed by atoms with E-state index in [-0.39, 0.29) is 17.5 Å². The van der Waals surface area contributed by atoms with Crippen molar-refractivity contribution in [1.82, 2.24) is 9.13 Å². The van der Waals surface area contributed by atoms with Gasteiger partial charge in [0.1, 0.15) is 0 Å². The fraction of sp³-hybridized carbons (Fsp3) is 0.217. The second-order valence-electron chi connectivity index (χ2n) is 24.8. The van der Waals surface area contributed by atoms with Crippen molar-refractivity contribution in [2.45, 2.75) is 87.5 Å². The molecule has 0 unspecified atom stereocenters. The van der Waals surface area contributed by atoms with Crippen LogP contribution in [0.5, 0.6) is 0 Å². The van der Waals surface area contributed by atoms with Gasteiger partial charge in [0.05, 0.1) is 22.1 Å². The molecule has 0 atom stereocenters. The van der Waals surface area contributed by atoms with Gasteiger partial charge in [-0.25, -0.2) is 0 Å². The summed E-state index contributed by atoms with van der Waals surface area (Å²) in [5.41, 5.74) is 32.0. The third-order valence-electron chi connectivity index (χ3n) is 17.1. The molecule has 4 aliphatic rings. The Hall–Kier alpha value is -7.36. The largest absolute Gasteiger partial charge is 0.310 e. The van der Waals surface area contributed by atoms with Crippen LogP contribution in [0.15, 0.2) is 152 Å². The lowest BCUT2D eigenvalue weighted by atomic mass is 9.33. The average molecular weight is 927 g/mol. The van der Waals surface area contributed by atoms with Gasteiger partial charge in [0.15, 0.2) is 0 Å². The first kappa shape index (κ1) is 42.3. The van der Waals surface area contributed by atoms with Crippen molar-refractivity contribution in [3.05, 3.63) is 207 Å². The molecule has 3 aliphatic heterocycles. The van der Waals surface area contributed by atoms with Gasteiger partial charge in [-0.15, -0.1) is 0 Å². The van der Waals surface area contributed by atoms with Crippen molar-refractivity contribution in [2.75, 3.05) is 0 Å². The first-order valence-electron chi connectivity index (χ1n) is 26.4. The Morgan fingerprint density at radius 1 is 0.444 bits per heavy atom. The van der Waals surface area contributed by atoms with Crippen LogP contribution >= 0.6 is 0 Å². The van der Waals surface area contributed by atoms with Gasteiger partial charge in [-0.05, 0) is 158 Å². The average Bonchev–Trinajstić information content (AvgIpc) is 3.97. The van der Waals surface area contributed by atoms with Gasteiger partial charge in [0, 0.05) is 38.6 Å². The maximum Gasteiger partial charge on any atom is 0.253 e. The van der Waals surface area contributed by atoms with E-state index in [1.165, 1.54) is 160 Å². The second-order valence-corrected chi connectivity index (χ2v) is 24.8. The Kier molecular flexibility index (Phi) is 8.22. The predicted octanol–water partition coefficient (Wildman–Crippen LogP) is 15.4. The molecule has 2 aromatic heterocycles. The Labute approximate surface area is 424 Å². The maximum atomic E-state index is 2.81. The third kappa shape index (κ3) is 5.47.